The first-order valence-corrected chi connectivity index (χ1v) is 9.05. The SMILES string of the molecule is COCc1nc2cc(-c3ccc([C@H](C)N4CCOCC4)cc3)ccc2o1. The smallest absolute Gasteiger partial charge is 0.221 e. The van der Waals surface area contributed by atoms with Crippen molar-refractivity contribution >= 4 is 11.1 Å². The van der Waals surface area contributed by atoms with Gasteiger partial charge in [0.15, 0.2) is 5.58 Å². The largest absolute Gasteiger partial charge is 0.438 e. The zero-order chi connectivity index (χ0) is 17.9. The van der Waals surface area contributed by atoms with Crippen LogP contribution in [-0.2, 0) is 16.1 Å². The van der Waals surface area contributed by atoms with E-state index in [1.54, 1.807) is 7.11 Å². The zero-order valence-electron chi connectivity index (χ0n) is 15.3. The summed E-state index contributed by atoms with van der Waals surface area (Å²) >= 11 is 0. The highest BCUT2D eigenvalue weighted by Crippen LogP contribution is 2.28. The lowest BCUT2D eigenvalue weighted by Crippen LogP contribution is -2.37. The molecule has 0 saturated carbocycles. The van der Waals surface area contributed by atoms with Gasteiger partial charge in [-0.05, 0) is 35.7 Å². The van der Waals surface area contributed by atoms with Crippen molar-refractivity contribution in [3.63, 3.8) is 0 Å². The Kier molecular flexibility index (Phi) is 5.02. The average molecular weight is 352 g/mol. The van der Waals surface area contributed by atoms with Gasteiger partial charge in [-0.15, -0.1) is 0 Å². The number of nitrogens with zero attached hydrogens (tertiary/aromatic N) is 2. The van der Waals surface area contributed by atoms with Crippen molar-refractivity contribution in [2.24, 2.45) is 0 Å². The number of fused-ring (bicyclic) bond motifs is 1. The molecular weight excluding hydrogens is 328 g/mol. The van der Waals surface area contributed by atoms with Crippen molar-refractivity contribution in [3.05, 3.63) is 53.9 Å². The van der Waals surface area contributed by atoms with Crippen LogP contribution in [0.2, 0.25) is 0 Å². The summed E-state index contributed by atoms with van der Waals surface area (Å²) < 4.78 is 16.2. The molecule has 0 spiro atoms. The van der Waals surface area contributed by atoms with Crippen LogP contribution in [-0.4, -0.2) is 43.3 Å². The van der Waals surface area contributed by atoms with Crippen LogP contribution in [0.4, 0.5) is 0 Å². The number of aromatic nitrogens is 1. The van der Waals surface area contributed by atoms with Gasteiger partial charge in [-0.3, -0.25) is 4.90 Å². The molecule has 1 aliphatic heterocycles. The molecule has 0 radical (unpaired) electrons. The number of oxazole rings is 1. The van der Waals surface area contributed by atoms with E-state index in [4.69, 9.17) is 13.9 Å². The van der Waals surface area contributed by atoms with Gasteiger partial charge in [-0.25, -0.2) is 4.98 Å². The predicted octanol–water partition coefficient (Wildman–Crippen LogP) is 4.03. The maximum absolute atomic E-state index is 5.67. The van der Waals surface area contributed by atoms with E-state index in [2.05, 4.69) is 53.2 Å². The molecule has 136 valence electrons. The Bertz CT molecular complexity index is 867. The number of methoxy groups -OCH3 is 1. The van der Waals surface area contributed by atoms with E-state index in [0.29, 0.717) is 18.5 Å². The maximum atomic E-state index is 5.67. The summed E-state index contributed by atoms with van der Waals surface area (Å²) in [7, 11) is 1.64. The van der Waals surface area contributed by atoms with E-state index in [0.717, 1.165) is 43.0 Å². The predicted molar refractivity (Wildman–Crippen MR) is 101 cm³/mol. The second-order valence-electron chi connectivity index (χ2n) is 6.67. The fourth-order valence-electron chi connectivity index (χ4n) is 3.47. The topological polar surface area (TPSA) is 47.7 Å². The Morgan fingerprint density at radius 2 is 1.81 bits per heavy atom. The van der Waals surface area contributed by atoms with Gasteiger partial charge in [-0.1, -0.05) is 30.3 Å². The van der Waals surface area contributed by atoms with Gasteiger partial charge in [0, 0.05) is 26.2 Å². The second kappa shape index (κ2) is 7.58. The second-order valence-corrected chi connectivity index (χ2v) is 6.67. The minimum absolute atomic E-state index is 0.387. The molecule has 26 heavy (non-hydrogen) atoms. The monoisotopic (exact) mass is 352 g/mol. The zero-order valence-corrected chi connectivity index (χ0v) is 15.3. The van der Waals surface area contributed by atoms with Gasteiger partial charge in [0.05, 0.1) is 13.2 Å². The van der Waals surface area contributed by atoms with Gasteiger partial charge in [-0.2, -0.15) is 0 Å². The first-order valence-electron chi connectivity index (χ1n) is 9.05. The van der Waals surface area contributed by atoms with Gasteiger partial charge in [0.2, 0.25) is 5.89 Å². The molecule has 1 fully saturated rings. The van der Waals surface area contributed by atoms with Crippen LogP contribution < -0.4 is 0 Å². The van der Waals surface area contributed by atoms with E-state index < -0.39 is 0 Å². The summed E-state index contributed by atoms with van der Waals surface area (Å²) in [5.41, 5.74) is 5.31. The molecule has 1 atom stereocenters. The van der Waals surface area contributed by atoms with Crippen molar-refractivity contribution in [2.75, 3.05) is 33.4 Å². The Morgan fingerprint density at radius 1 is 1.08 bits per heavy atom. The van der Waals surface area contributed by atoms with Crippen molar-refractivity contribution < 1.29 is 13.9 Å². The lowest BCUT2D eigenvalue weighted by Gasteiger charge is -2.32. The molecule has 5 nitrogen and oxygen atoms in total. The summed E-state index contributed by atoms with van der Waals surface area (Å²) in [5.74, 6) is 0.606. The third-order valence-corrected chi connectivity index (χ3v) is 5.02. The molecule has 5 heteroatoms. The summed E-state index contributed by atoms with van der Waals surface area (Å²) in [6.07, 6.45) is 0. The van der Waals surface area contributed by atoms with Crippen molar-refractivity contribution in [1.29, 1.82) is 0 Å². The van der Waals surface area contributed by atoms with Crippen molar-refractivity contribution in [1.82, 2.24) is 9.88 Å². The highest BCUT2D eigenvalue weighted by atomic mass is 16.5. The molecule has 0 N–H and O–H groups in total. The Labute approximate surface area is 153 Å². The average Bonchev–Trinajstić information content (AvgIpc) is 3.10. The first-order chi connectivity index (χ1) is 12.7. The minimum Gasteiger partial charge on any atom is -0.438 e. The quantitative estimate of drug-likeness (QED) is 0.694. The van der Waals surface area contributed by atoms with Crippen LogP contribution in [0.5, 0.6) is 0 Å². The molecule has 0 unspecified atom stereocenters. The highest BCUT2D eigenvalue weighted by Gasteiger charge is 2.18. The van der Waals surface area contributed by atoms with Crippen molar-refractivity contribution in [2.45, 2.75) is 19.6 Å². The first kappa shape index (κ1) is 17.2. The fraction of sp³-hybridized carbons (Fsp3) is 0.381. The molecule has 0 aliphatic carbocycles. The van der Waals surface area contributed by atoms with Gasteiger partial charge >= 0.3 is 0 Å². The maximum Gasteiger partial charge on any atom is 0.221 e. The molecule has 1 saturated heterocycles. The van der Waals surface area contributed by atoms with E-state index in [1.807, 2.05) is 6.07 Å². The fourth-order valence-corrected chi connectivity index (χ4v) is 3.47. The molecule has 3 aromatic rings. The highest BCUT2D eigenvalue weighted by molar-refractivity contribution is 5.80. The summed E-state index contributed by atoms with van der Waals surface area (Å²) in [4.78, 5) is 6.95. The lowest BCUT2D eigenvalue weighted by molar-refractivity contribution is 0.0198. The molecular formula is C21H24N2O3. The number of hydrogen-bond donors (Lipinski definition) is 0. The molecule has 0 amide bonds. The Hall–Kier alpha value is -2.21. The van der Waals surface area contributed by atoms with Gasteiger partial charge < -0.3 is 13.9 Å². The number of morpholine rings is 1. The minimum atomic E-state index is 0.387. The van der Waals surface area contributed by atoms with E-state index in [1.165, 1.54) is 11.1 Å². The van der Waals surface area contributed by atoms with E-state index in [9.17, 15) is 0 Å². The van der Waals surface area contributed by atoms with Crippen LogP contribution in [0.1, 0.15) is 24.4 Å². The number of benzene rings is 2. The van der Waals surface area contributed by atoms with Crippen LogP contribution in [0.3, 0.4) is 0 Å². The molecule has 1 aliphatic rings. The standard InChI is InChI=1S/C21H24N2O3/c1-15(23-9-11-25-12-10-23)16-3-5-17(6-4-16)18-7-8-20-19(13-18)22-21(26-20)14-24-2/h3-8,13,15H,9-12,14H2,1-2H3/t15-/m0/s1. The lowest BCUT2D eigenvalue weighted by atomic mass is 10.0. The summed E-state index contributed by atoms with van der Waals surface area (Å²) in [5, 5.41) is 0. The number of ether oxygens (including phenoxy) is 2. The third kappa shape index (κ3) is 3.51. The van der Waals surface area contributed by atoms with Gasteiger partial charge in [0.1, 0.15) is 12.1 Å². The van der Waals surface area contributed by atoms with E-state index >= 15 is 0 Å². The molecule has 0 bridgehead atoms. The summed E-state index contributed by atoms with van der Waals surface area (Å²) in [6.45, 7) is 6.29. The molecule has 4 rings (SSSR count). The van der Waals surface area contributed by atoms with Crippen LogP contribution in [0, 0.1) is 0 Å². The molecule has 2 heterocycles. The van der Waals surface area contributed by atoms with Crippen LogP contribution in [0.25, 0.3) is 22.2 Å². The van der Waals surface area contributed by atoms with Gasteiger partial charge in [0.25, 0.3) is 0 Å². The van der Waals surface area contributed by atoms with Crippen LogP contribution in [0.15, 0.2) is 46.9 Å². The van der Waals surface area contributed by atoms with Crippen molar-refractivity contribution in [3.8, 4) is 11.1 Å². The third-order valence-electron chi connectivity index (χ3n) is 5.02. The Balaban J connectivity index is 1.55. The normalized spacial score (nSPS) is 16.8. The molecule has 2 aromatic carbocycles. The van der Waals surface area contributed by atoms with Crippen LogP contribution >= 0.6 is 0 Å². The van der Waals surface area contributed by atoms with E-state index in [-0.39, 0.29) is 0 Å². The Morgan fingerprint density at radius 3 is 2.54 bits per heavy atom. The number of rotatable bonds is 5. The molecule has 1 aromatic heterocycles. The summed E-state index contributed by atoms with van der Waals surface area (Å²) in [6, 6.07) is 15.3. The number of hydrogen-bond acceptors (Lipinski definition) is 5.